The van der Waals surface area contributed by atoms with Crippen molar-refractivity contribution in [1.29, 1.82) is 5.26 Å². The molecule has 2 bridgehead atoms. The van der Waals surface area contributed by atoms with Gasteiger partial charge in [-0.25, -0.2) is 24.5 Å². The summed E-state index contributed by atoms with van der Waals surface area (Å²) in [5.41, 5.74) is -0.274. The molecule has 1 aliphatic carbocycles. The van der Waals surface area contributed by atoms with Crippen molar-refractivity contribution in [2.75, 3.05) is 33.9 Å². The number of hydrogen-bond acceptors (Lipinski definition) is 16. The lowest BCUT2D eigenvalue weighted by Crippen LogP contribution is -2.25. The molecular formula is C26H33N9O9P2S2. The van der Waals surface area contributed by atoms with Crippen LogP contribution in [0.1, 0.15) is 31.9 Å². The van der Waals surface area contributed by atoms with E-state index in [-0.39, 0.29) is 61.8 Å². The molecule has 22 heteroatoms. The average Bonchev–Trinajstić information content (AvgIpc) is 3.75. The topological polar surface area (TPSA) is 210 Å². The predicted molar refractivity (Wildman–Crippen MR) is 176 cm³/mol. The zero-order valence-corrected chi connectivity index (χ0v) is 29.3. The Morgan fingerprint density at radius 1 is 1.25 bits per heavy atom. The maximum atomic E-state index is 13.5. The summed E-state index contributed by atoms with van der Waals surface area (Å²) in [6.45, 7) is -7.68. The number of H-pyrrole nitrogens is 1. The van der Waals surface area contributed by atoms with Crippen molar-refractivity contribution in [3.8, 4) is 11.9 Å². The highest BCUT2D eigenvalue weighted by atomic mass is 32.7. The molecule has 18 nitrogen and oxygen atoms in total. The van der Waals surface area contributed by atoms with Gasteiger partial charge in [-0.2, -0.15) is 10.2 Å². The minimum Gasteiger partial charge on any atom is -0.474 e. The molecule has 3 aliphatic rings. The van der Waals surface area contributed by atoms with Gasteiger partial charge >= 0.3 is 13.5 Å². The van der Waals surface area contributed by atoms with Crippen molar-refractivity contribution < 1.29 is 36.7 Å². The lowest BCUT2D eigenvalue weighted by molar-refractivity contribution is -0.0485. The molecule has 258 valence electrons. The molecule has 1 saturated carbocycles. The molecule has 2 aliphatic heterocycles. The standard InChI is InChI=1S/C26H33N9O9P2S2/c1-34(2)14-31-26-32-23-22(24(36)33-26)30-15-35(23)25-20-10-18(42-25)12-39-45(37,47)43-19-9-17(41-21-4-6-28-13-29-21)8-16(19)11-40-46(48,44-20)38-7-3-5-27/h4,6,13-20,25H,3,7-12H2,1-2H3,(H,37,47)(H,32,33,36)/t16-,17-,18+,19+,20-,25-,45+,46-/m1/s1. The summed E-state index contributed by atoms with van der Waals surface area (Å²) < 4.78 is 57.7. The Morgan fingerprint density at radius 2 is 2.10 bits per heavy atom. The summed E-state index contributed by atoms with van der Waals surface area (Å²) in [4.78, 5) is 38.1. The molecule has 0 spiro atoms. The number of fused-ring (bicyclic) bond motifs is 4. The summed E-state index contributed by atoms with van der Waals surface area (Å²) in [6, 6.07) is 3.66. The van der Waals surface area contributed by atoms with Gasteiger partial charge < -0.3 is 27.9 Å². The monoisotopic (exact) mass is 741 g/mol. The van der Waals surface area contributed by atoms with Crippen molar-refractivity contribution in [1.82, 2.24) is 34.4 Å². The quantitative estimate of drug-likeness (QED) is 0.112. The number of rotatable bonds is 8. The maximum Gasteiger partial charge on any atom is 0.386 e. The molecule has 3 aromatic rings. The SMILES string of the molecule is CN(C)C=Nc1nc2c(ncn2[C@@H]2O[C@@H]3CO[P@](=O)(S)O[C@H]4C[C@H](Oc5ccncn5)C[C@@H]4CO[P@](=S)(OCCC#N)O[C@@H]2C3)c(=O)[nH]1. The van der Waals surface area contributed by atoms with Crippen molar-refractivity contribution in [3.05, 3.63) is 35.3 Å². The molecule has 3 aromatic heterocycles. The number of aromatic nitrogens is 6. The lowest BCUT2D eigenvalue weighted by Gasteiger charge is -2.29. The number of aromatic amines is 1. The van der Waals surface area contributed by atoms with E-state index in [1.807, 2.05) is 6.07 Å². The summed E-state index contributed by atoms with van der Waals surface area (Å²) in [7, 11) is 3.55. The van der Waals surface area contributed by atoms with E-state index >= 15 is 0 Å². The summed E-state index contributed by atoms with van der Waals surface area (Å²) in [5.74, 6) is 0.0595. The van der Waals surface area contributed by atoms with Crippen LogP contribution in [0.4, 0.5) is 5.95 Å². The number of aliphatic imine (C=N–C) groups is 1. The van der Waals surface area contributed by atoms with E-state index < -0.39 is 43.6 Å². The minimum atomic E-state index is -3.91. The maximum absolute atomic E-state index is 13.5. The van der Waals surface area contributed by atoms with Crippen LogP contribution in [0.3, 0.4) is 0 Å². The highest BCUT2D eigenvalue weighted by molar-refractivity contribution is 8.44. The van der Waals surface area contributed by atoms with Crippen molar-refractivity contribution in [3.63, 3.8) is 0 Å². The Kier molecular flexibility index (Phi) is 10.9. The van der Waals surface area contributed by atoms with Crippen molar-refractivity contribution in [2.45, 2.75) is 56.3 Å². The first kappa shape index (κ1) is 35.0. The fourth-order valence-electron chi connectivity index (χ4n) is 5.48. The first-order chi connectivity index (χ1) is 23.0. The average molecular weight is 742 g/mol. The molecule has 5 heterocycles. The normalized spacial score (nSPS) is 32.6. The third-order valence-corrected chi connectivity index (χ3v) is 11.6. The highest BCUT2D eigenvalue weighted by Crippen LogP contribution is 2.59. The van der Waals surface area contributed by atoms with E-state index in [1.165, 1.54) is 23.6 Å². The summed E-state index contributed by atoms with van der Waals surface area (Å²) >= 11 is 10.1. The second-order valence-corrected chi connectivity index (χ2v) is 17.2. The second-order valence-electron chi connectivity index (χ2n) is 11.4. The van der Waals surface area contributed by atoms with E-state index in [2.05, 4.69) is 42.2 Å². The Bertz CT molecular complexity index is 1830. The van der Waals surface area contributed by atoms with Crippen LogP contribution in [0, 0.1) is 17.2 Å². The van der Waals surface area contributed by atoms with Crippen LogP contribution in [0.25, 0.3) is 11.2 Å². The molecule has 3 fully saturated rings. The molecule has 0 amide bonds. The van der Waals surface area contributed by atoms with Crippen LogP contribution < -0.4 is 10.3 Å². The number of hydrogen-bond donors (Lipinski definition) is 2. The lowest BCUT2D eigenvalue weighted by atomic mass is 10.1. The van der Waals surface area contributed by atoms with E-state index in [1.54, 1.807) is 31.3 Å². The Balaban J connectivity index is 1.30. The molecule has 0 radical (unpaired) electrons. The van der Waals surface area contributed by atoms with Gasteiger partial charge in [0, 0.05) is 45.1 Å². The third-order valence-electron chi connectivity index (χ3n) is 7.55. The van der Waals surface area contributed by atoms with Gasteiger partial charge in [-0.15, -0.1) is 0 Å². The van der Waals surface area contributed by atoms with Gasteiger partial charge in [-0.3, -0.25) is 23.4 Å². The number of nitrogens with zero attached hydrogens (tertiary/aromatic N) is 8. The van der Waals surface area contributed by atoms with E-state index in [4.69, 9.17) is 43.9 Å². The summed E-state index contributed by atoms with van der Waals surface area (Å²) in [5, 5.41) is 9.17. The zero-order chi connectivity index (χ0) is 33.9. The van der Waals surface area contributed by atoms with Gasteiger partial charge in [-0.05, 0) is 18.2 Å². The number of ether oxygens (including phenoxy) is 2. The minimum absolute atomic E-state index is 0.00818. The fourth-order valence-corrected chi connectivity index (χ4v) is 9.21. The van der Waals surface area contributed by atoms with Gasteiger partial charge in [0.25, 0.3) is 5.56 Å². The van der Waals surface area contributed by atoms with E-state index in [0.717, 1.165) is 0 Å². The molecule has 0 aromatic carbocycles. The molecular weight excluding hydrogens is 708 g/mol. The second kappa shape index (κ2) is 15.0. The van der Waals surface area contributed by atoms with Crippen LogP contribution in [-0.2, 0) is 43.7 Å². The van der Waals surface area contributed by atoms with Gasteiger partial charge in [0.1, 0.15) is 18.5 Å². The van der Waals surface area contributed by atoms with Gasteiger partial charge in [-0.1, -0.05) is 12.2 Å². The first-order valence-corrected chi connectivity index (χ1v) is 20.1. The molecule has 8 atom stereocenters. The predicted octanol–water partition coefficient (Wildman–Crippen LogP) is 3.29. The largest absolute Gasteiger partial charge is 0.474 e. The first-order valence-electron chi connectivity index (χ1n) is 14.9. The third kappa shape index (κ3) is 8.48. The molecule has 1 N–H and O–H groups in total. The molecule has 6 rings (SSSR count). The highest BCUT2D eigenvalue weighted by Gasteiger charge is 2.46. The fraction of sp³-hybridized carbons (Fsp3) is 0.577. The number of imidazole rings is 1. The number of nitriles is 1. The number of thiol groups is 1. The zero-order valence-electron chi connectivity index (χ0n) is 25.8. The Hall–Kier alpha value is -2.82. The Morgan fingerprint density at radius 3 is 2.88 bits per heavy atom. The summed E-state index contributed by atoms with van der Waals surface area (Å²) in [6.07, 6.45) is 3.39. The molecule has 2 saturated heterocycles. The van der Waals surface area contributed by atoms with E-state index in [9.17, 15) is 14.6 Å². The van der Waals surface area contributed by atoms with Gasteiger partial charge in [0.15, 0.2) is 17.4 Å². The van der Waals surface area contributed by atoms with Crippen LogP contribution in [0.2, 0.25) is 0 Å². The van der Waals surface area contributed by atoms with Gasteiger partial charge in [0.05, 0.1) is 57.2 Å². The smallest absolute Gasteiger partial charge is 0.386 e. The Labute approximate surface area is 285 Å². The van der Waals surface area contributed by atoms with Gasteiger partial charge in [0.2, 0.25) is 11.8 Å². The van der Waals surface area contributed by atoms with Crippen LogP contribution in [-0.4, -0.2) is 99.1 Å². The van der Waals surface area contributed by atoms with Crippen LogP contribution >= 0.6 is 25.8 Å². The molecule has 48 heavy (non-hydrogen) atoms. The van der Waals surface area contributed by atoms with Crippen LogP contribution in [0.5, 0.6) is 5.88 Å². The van der Waals surface area contributed by atoms with Crippen molar-refractivity contribution >= 4 is 61.0 Å². The van der Waals surface area contributed by atoms with Crippen LogP contribution in [0.15, 0.2) is 34.7 Å². The number of nitrogens with one attached hydrogen (secondary N) is 1. The molecule has 0 unspecified atom stereocenters. The van der Waals surface area contributed by atoms with E-state index in [0.29, 0.717) is 18.7 Å². The van der Waals surface area contributed by atoms with Crippen molar-refractivity contribution in [2.24, 2.45) is 10.9 Å².